The lowest BCUT2D eigenvalue weighted by molar-refractivity contribution is -0.171. The zero-order chi connectivity index (χ0) is 56.2. The van der Waals surface area contributed by atoms with Gasteiger partial charge in [-0.3, -0.25) is 38.5 Å². The first kappa shape index (κ1) is 57.8. The van der Waals surface area contributed by atoms with Crippen LogP contribution in [0.5, 0.6) is 0 Å². The molecule has 0 unspecified atom stereocenters. The first-order chi connectivity index (χ1) is 39.8. The van der Waals surface area contributed by atoms with Crippen LogP contribution < -0.4 is 20.3 Å². The molecule has 16 heteroatoms. The highest BCUT2D eigenvalue weighted by Crippen LogP contribution is 2.30. The predicted molar refractivity (Wildman–Crippen MR) is 309 cm³/mol. The fourth-order valence-electron chi connectivity index (χ4n) is 8.05. The van der Waals surface area contributed by atoms with Gasteiger partial charge >= 0.3 is 23.9 Å². The Morgan fingerprint density at radius 2 is 0.395 bits per heavy atom. The molecule has 8 aromatic rings. The second kappa shape index (κ2) is 31.3. The van der Waals surface area contributed by atoms with E-state index in [0.717, 1.165) is 45.5 Å². The van der Waals surface area contributed by atoms with Crippen molar-refractivity contribution in [2.24, 2.45) is 5.41 Å². The zero-order valence-corrected chi connectivity index (χ0v) is 44.8. The Morgan fingerprint density at radius 1 is 0.247 bits per heavy atom. The summed E-state index contributed by atoms with van der Waals surface area (Å²) in [5, 5.41) is 6.46. The molecule has 16 nitrogen and oxygen atoms in total. The lowest BCUT2D eigenvalue weighted by Crippen LogP contribution is -2.44. The van der Waals surface area contributed by atoms with E-state index in [-0.39, 0.29) is 52.1 Å². The lowest BCUT2D eigenvalue weighted by atomic mass is 9.92. The van der Waals surface area contributed by atoms with E-state index in [4.69, 9.17) is 38.3 Å². The number of para-hydroxylation sites is 8. The number of nitrogens with zero attached hydrogens (tertiary/aromatic N) is 4. The minimum absolute atomic E-state index is 0.0937. The first-order valence-electron chi connectivity index (χ1n) is 26.6. The monoisotopic (exact) mass is 1090 g/mol. The number of benzene rings is 8. The number of anilines is 8. The van der Waals surface area contributed by atoms with Crippen LogP contribution in [-0.2, 0) is 57.5 Å². The summed E-state index contributed by atoms with van der Waals surface area (Å²) >= 11 is 0. The highest BCUT2D eigenvalue weighted by atomic mass is 16.7. The summed E-state index contributed by atoms with van der Waals surface area (Å²) in [5.41, 5.74) is 4.24. The van der Waals surface area contributed by atoms with Gasteiger partial charge in [0.25, 0.3) is 0 Å². The van der Waals surface area contributed by atoms with Crippen LogP contribution in [0.2, 0.25) is 0 Å². The molecule has 0 bridgehead atoms. The van der Waals surface area contributed by atoms with Gasteiger partial charge in [-0.25, -0.2) is 20.3 Å². The van der Waals surface area contributed by atoms with Gasteiger partial charge in [-0.1, -0.05) is 146 Å². The Morgan fingerprint density at radius 3 is 0.543 bits per heavy atom. The number of carbonyl (C=O) groups is 4. The molecule has 0 heterocycles. The normalized spacial score (nSPS) is 11.0. The molecule has 81 heavy (non-hydrogen) atoms. The van der Waals surface area contributed by atoms with Crippen molar-refractivity contribution in [3.05, 3.63) is 243 Å². The summed E-state index contributed by atoms with van der Waals surface area (Å²) in [6.07, 6.45) is -0.851. The first-order valence-corrected chi connectivity index (χ1v) is 26.6. The van der Waals surface area contributed by atoms with E-state index in [9.17, 15) is 19.2 Å². The van der Waals surface area contributed by atoms with Crippen molar-refractivity contribution < 1.29 is 57.5 Å². The van der Waals surface area contributed by atoms with Gasteiger partial charge in [0.05, 0.1) is 97.6 Å². The van der Waals surface area contributed by atoms with E-state index in [1.54, 1.807) is 20.3 Å². The quantitative estimate of drug-likeness (QED) is 0.0223. The van der Waals surface area contributed by atoms with Gasteiger partial charge in [-0.05, 0) is 97.1 Å². The Labute approximate surface area is 471 Å². The van der Waals surface area contributed by atoms with Crippen molar-refractivity contribution in [1.29, 1.82) is 0 Å². The molecule has 0 saturated carbocycles. The maximum absolute atomic E-state index is 13.8. The Kier molecular flexibility index (Phi) is 22.4. The van der Waals surface area contributed by atoms with Gasteiger partial charge in [0.15, 0.2) is 0 Å². The molecule has 0 spiro atoms. The summed E-state index contributed by atoms with van der Waals surface area (Å²) in [6.45, 7) is -2.41. The lowest BCUT2D eigenvalue weighted by Gasteiger charge is -2.32. The number of hydrogen-bond donors (Lipinski definition) is 0. The van der Waals surface area contributed by atoms with E-state index >= 15 is 0 Å². The third-order valence-electron chi connectivity index (χ3n) is 12.2. The molecule has 0 saturated heterocycles. The van der Waals surface area contributed by atoms with Gasteiger partial charge < -0.3 is 18.9 Å². The van der Waals surface area contributed by atoms with Crippen LogP contribution in [0.3, 0.4) is 0 Å². The van der Waals surface area contributed by atoms with Crippen LogP contribution in [0.1, 0.15) is 25.7 Å². The van der Waals surface area contributed by atoms with Crippen molar-refractivity contribution in [2.45, 2.75) is 25.7 Å². The SMILES string of the molecule is O=C(CCON(c1ccccc1)c1ccccc1)OCC(COC(=O)CCON(c1ccccc1)c1ccccc1)(COC(=O)CCON(c1ccccc1)c1ccccc1)COC(=O)CCON(c1ccccc1)c1ccccc1. The summed E-state index contributed by atoms with van der Waals surface area (Å²) in [6, 6.07) is 75.1. The molecule has 0 aliphatic heterocycles. The summed E-state index contributed by atoms with van der Waals surface area (Å²) in [4.78, 5) is 79.7. The minimum Gasteiger partial charge on any atom is -0.465 e. The van der Waals surface area contributed by atoms with Gasteiger partial charge in [-0.15, -0.1) is 0 Å². The van der Waals surface area contributed by atoms with Crippen molar-refractivity contribution in [1.82, 2.24) is 0 Å². The van der Waals surface area contributed by atoms with Crippen LogP contribution in [0.25, 0.3) is 0 Å². The van der Waals surface area contributed by atoms with Crippen molar-refractivity contribution in [2.75, 3.05) is 73.1 Å². The molecular weight excluding hydrogens is 1030 g/mol. The van der Waals surface area contributed by atoms with Crippen LogP contribution >= 0.6 is 0 Å². The van der Waals surface area contributed by atoms with Crippen LogP contribution in [-0.4, -0.2) is 76.7 Å². The molecule has 0 atom stereocenters. The van der Waals surface area contributed by atoms with Gasteiger partial charge in [0, 0.05) is 0 Å². The maximum atomic E-state index is 13.8. The third kappa shape index (κ3) is 18.4. The second-order valence-electron chi connectivity index (χ2n) is 18.3. The van der Waals surface area contributed by atoms with Crippen molar-refractivity contribution in [3.8, 4) is 0 Å². The van der Waals surface area contributed by atoms with Crippen LogP contribution in [0.15, 0.2) is 243 Å². The molecule has 8 aromatic carbocycles. The molecule has 0 aliphatic carbocycles. The molecule has 0 radical (unpaired) electrons. The third-order valence-corrected chi connectivity index (χ3v) is 12.2. The zero-order valence-electron chi connectivity index (χ0n) is 44.8. The molecule has 0 amide bonds. The predicted octanol–water partition coefficient (Wildman–Crippen LogP) is 12.8. The molecule has 0 fully saturated rings. The number of carbonyl (C=O) groups excluding carboxylic acids is 4. The minimum atomic E-state index is -1.62. The standard InChI is InChI=1S/C65H64N4O12/c70-61(41-45-78-66(53-25-9-1-10-26-53)54-27-11-2-12-28-54)74-49-65(50-75-62(71)42-46-79-67(55-29-13-3-14-30-55)56-31-15-4-16-32-56,51-76-63(72)43-47-80-68(57-33-17-5-18-34-57)58-35-19-6-20-36-58)52-77-64(73)44-48-81-69(59-37-21-7-22-38-59)60-39-23-8-24-40-60/h1-40H,41-52H2. The number of hydrogen-bond acceptors (Lipinski definition) is 16. The maximum Gasteiger partial charge on any atom is 0.308 e. The highest BCUT2D eigenvalue weighted by Gasteiger charge is 2.38. The number of ether oxygens (including phenoxy) is 4. The van der Waals surface area contributed by atoms with Crippen molar-refractivity contribution >= 4 is 69.4 Å². The fourth-order valence-corrected chi connectivity index (χ4v) is 8.05. The van der Waals surface area contributed by atoms with E-state index in [1.165, 1.54) is 0 Å². The van der Waals surface area contributed by atoms with Crippen LogP contribution in [0.4, 0.5) is 45.5 Å². The molecule has 8 rings (SSSR count). The van der Waals surface area contributed by atoms with Gasteiger partial charge in [0.1, 0.15) is 31.8 Å². The average molecular weight is 1090 g/mol. The average Bonchev–Trinajstić information content (AvgIpc) is 3.55. The Balaban J connectivity index is 0.981. The van der Waals surface area contributed by atoms with Gasteiger partial charge in [0.2, 0.25) is 0 Å². The molecule has 0 aromatic heterocycles. The topological polar surface area (TPSA) is 155 Å². The Bertz CT molecular complexity index is 2520. The van der Waals surface area contributed by atoms with Crippen molar-refractivity contribution in [3.63, 3.8) is 0 Å². The summed E-state index contributed by atoms with van der Waals surface area (Å²) in [5.74, 6) is -2.76. The van der Waals surface area contributed by atoms with E-state index < -0.39 is 55.7 Å². The van der Waals surface area contributed by atoms with Gasteiger partial charge in [-0.2, -0.15) is 0 Å². The fraction of sp³-hybridized carbons (Fsp3) is 0.200. The number of rotatable bonds is 32. The Hall–Kier alpha value is -9.32. The second-order valence-corrected chi connectivity index (χ2v) is 18.3. The molecular formula is C65H64N4O12. The highest BCUT2D eigenvalue weighted by molar-refractivity contribution is 5.72. The largest absolute Gasteiger partial charge is 0.465 e. The summed E-state index contributed by atoms with van der Waals surface area (Å²) < 4.78 is 23.7. The molecule has 416 valence electrons. The molecule has 0 N–H and O–H groups in total. The van der Waals surface area contributed by atoms with Crippen LogP contribution in [0, 0.1) is 5.41 Å². The van der Waals surface area contributed by atoms with E-state index in [0.29, 0.717) is 0 Å². The molecule has 0 aliphatic rings. The summed E-state index contributed by atoms with van der Waals surface area (Å²) in [7, 11) is 0. The van der Waals surface area contributed by atoms with E-state index in [2.05, 4.69) is 0 Å². The smallest absolute Gasteiger partial charge is 0.308 e. The number of esters is 4. The van der Waals surface area contributed by atoms with E-state index in [1.807, 2.05) is 243 Å².